The van der Waals surface area contributed by atoms with Crippen LogP contribution in [0.4, 0.5) is 0 Å². The smallest absolute Gasteiger partial charge is 0.251 e. The van der Waals surface area contributed by atoms with Gasteiger partial charge in [0.25, 0.3) is 5.91 Å². The highest BCUT2D eigenvalue weighted by Gasteiger charge is 2.33. The van der Waals surface area contributed by atoms with E-state index < -0.39 is 6.29 Å². The summed E-state index contributed by atoms with van der Waals surface area (Å²) in [4.78, 5) is 15.4. The molecular weight excluding hydrogens is 669 g/mol. The van der Waals surface area contributed by atoms with Crippen LogP contribution in [0.1, 0.15) is 142 Å². The second-order valence-electron chi connectivity index (χ2n) is 15.1. The van der Waals surface area contributed by atoms with Gasteiger partial charge in [-0.3, -0.25) is 4.79 Å². The molecule has 6 heteroatoms. The van der Waals surface area contributed by atoms with Crippen LogP contribution < -0.4 is 5.32 Å². The molecule has 0 bridgehead atoms. The summed E-state index contributed by atoms with van der Waals surface area (Å²) < 4.78 is 13.7. The normalized spacial score (nSPS) is 17.1. The van der Waals surface area contributed by atoms with Gasteiger partial charge in [-0.25, -0.2) is 0 Å². The summed E-state index contributed by atoms with van der Waals surface area (Å²) in [6.07, 6.45) is 15.8. The molecule has 1 fully saturated rings. The Morgan fingerprint density at radius 1 is 0.667 bits per heavy atom. The molecule has 6 nitrogen and oxygen atoms in total. The Balaban J connectivity index is 1.30. The number of nitrogens with one attached hydrogen (secondary N) is 1. The summed E-state index contributed by atoms with van der Waals surface area (Å²) in [6.45, 7) is 8.15. The first-order valence-corrected chi connectivity index (χ1v) is 20.8. The first kappa shape index (κ1) is 41.4. The number of unbranched alkanes of at least 4 members (excludes halogenated alkanes) is 10. The maximum absolute atomic E-state index is 12.7. The van der Waals surface area contributed by atoms with E-state index in [-0.39, 0.29) is 24.7 Å². The molecule has 5 rings (SSSR count). The van der Waals surface area contributed by atoms with Crippen LogP contribution in [0.25, 0.3) is 11.1 Å². The molecule has 4 aromatic carbocycles. The van der Waals surface area contributed by atoms with Gasteiger partial charge < -0.3 is 24.8 Å². The van der Waals surface area contributed by atoms with Crippen LogP contribution >= 0.6 is 0 Å². The van der Waals surface area contributed by atoms with Crippen LogP contribution in [0.5, 0.6) is 0 Å². The molecule has 4 aromatic rings. The van der Waals surface area contributed by atoms with Crippen molar-refractivity contribution in [3.05, 3.63) is 131 Å². The van der Waals surface area contributed by atoms with E-state index in [0.29, 0.717) is 12.1 Å². The standard InChI is InChI=1S/C48H64N2O4/c1-3-5-7-9-11-16-30-50(31-17-12-10-8-6-4-2)36-45-34-46(40-28-26-38(37-51)27-29-40)54-48(53-45)44-25-19-24-43(33-44)42-23-18-20-39(32-42)35-49-47(52)41-21-14-13-15-22-41/h13-15,18-29,32-33,45-46,48,51H,3-12,16-17,30-31,34-37H2,1-2H3,(H,49,52)/t45-,46+,48+/m0/s1. The molecule has 290 valence electrons. The van der Waals surface area contributed by atoms with Crippen molar-refractivity contribution in [2.45, 2.75) is 129 Å². The van der Waals surface area contributed by atoms with Crippen molar-refractivity contribution in [3.63, 3.8) is 0 Å². The van der Waals surface area contributed by atoms with Crippen LogP contribution in [0.3, 0.4) is 0 Å². The zero-order chi connectivity index (χ0) is 37.8. The van der Waals surface area contributed by atoms with Gasteiger partial charge in [-0.05, 0) is 78.0 Å². The maximum atomic E-state index is 12.7. The second-order valence-corrected chi connectivity index (χ2v) is 15.1. The molecule has 1 aliphatic rings. The van der Waals surface area contributed by atoms with E-state index in [4.69, 9.17) is 9.47 Å². The van der Waals surface area contributed by atoms with Gasteiger partial charge >= 0.3 is 0 Å². The molecule has 1 amide bonds. The first-order valence-electron chi connectivity index (χ1n) is 20.8. The fourth-order valence-electron chi connectivity index (χ4n) is 7.45. The zero-order valence-corrected chi connectivity index (χ0v) is 32.9. The highest BCUT2D eigenvalue weighted by atomic mass is 16.7. The van der Waals surface area contributed by atoms with Crippen LogP contribution in [0.2, 0.25) is 0 Å². The van der Waals surface area contributed by atoms with E-state index in [2.05, 4.69) is 72.6 Å². The van der Waals surface area contributed by atoms with Crippen LogP contribution in [0, 0.1) is 0 Å². The minimum Gasteiger partial charge on any atom is -0.392 e. The second kappa shape index (κ2) is 23.2. The third-order valence-electron chi connectivity index (χ3n) is 10.6. The predicted octanol–water partition coefficient (Wildman–Crippen LogP) is 11.3. The molecule has 0 unspecified atom stereocenters. The van der Waals surface area contributed by atoms with Crippen LogP contribution in [-0.2, 0) is 22.6 Å². The van der Waals surface area contributed by atoms with Gasteiger partial charge in [0.05, 0.1) is 18.8 Å². The Labute approximate surface area is 325 Å². The number of hydrogen-bond donors (Lipinski definition) is 2. The monoisotopic (exact) mass is 732 g/mol. The van der Waals surface area contributed by atoms with Crippen molar-refractivity contribution in [1.29, 1.82) is 0 Å². The molecule has 0 aliphatic carbocycles. The first-order chi connectivity index (χ1) is 26.6. The van der Waals surface area contributed by atoms with E-state index in [9.17, 15) is 9.90 Å². The van der Waals surface area contributed by atoms with Crippen LogP contribution in [-0.4, -0.2) is 41.7 Å². The zero-order valence-electron chi connectivity index (χ0n) is 32.9. The Morgan fingerprint density at radius 2 is 1.30 bits per heavy atom. The molecule has 2 N–H and O–H groups in total. The minimum absolute atomic E-state index is 0.0201. The lowest BCUT2D eigenvalue weighted by Crippen LogP contribution is -2.40. The third kappa shape index (κ3) is 13.5. The van der Waals surface area contributed by atoms with Gasteiger partial charge in [-0.2, -0.15) is 0 Å². The number of benzene rings is 4. The SMILES string of the molecule is CCCCCCCCN(CCCCCCCC)C[C@@H]1C[C@H](c2ccc(CO)cc2)O[C@H](c2cccc(-c3cccc(CNC(=O)c4ccccc4)c3)c2)O1. The summed E-state index contributed by atoms with van der Waals surface area (Å²) in [7, 11) is 0. The summed E-state index contributed by atoms with van der Waals surface area (Å²) >= 11 is 0. The molecule has 54 heavy (non-hydrogen) atoms. The lowest BCUT2D eigenvalue weighted by molar-refractivity contribution is -0.253. The molecule has 1 aliphatic heterocycles. The topological polar surface area (TPSA) is 71.0 Å². The highest BCUT2D eigenvalue weighted by molar-refractivity contribution is 5.94. The van der Waals surface area contributed by atoms with Gasteiger partial charge in [-0.1, -0.05) is 157 Å². The molecule has 1 saturated heterocycles. The Bertz CT molecular complexity index is 1630. The maximum Gasteiger partial charge on any atom is 0.251 e. The summed E-state index contributed by atoms with van der Waals surface area (Å²) in [5.41, 5.74) is 6.86. The molecule has 0 spiro atoms. The summed E-state index contributed by atoms with van der Waals surface area (Å²) in [6, 6.07) is 34.4. The van der Waals surface area contributed by atoms with E-state index in [1.165, 1.54) is 77.0 Å². The van der Waals surface area contributed by atoms with E-state index in [1.54, 1.807) is 0 Å². The number of amides is 1. The minimum atomic E-state index is -0.510. The van der Waals surface area contributed by atoms with Gasteiger partial charge in [-0.15, -0.1) is 0 Å². The average molecular weight is 733 g/mol. The number of carbonyl (C=O) groups excluding carboxylic acids is 1. The van der Waals surface area contributed by atoms with E-state index in [0.717, 1.165) is 59.4 Å². The molecule has 0 radical (unpaired) electrons. The number of aliphatic hydroxyl groups excluding tert-OH is 1. The Kier molecular flexibility index (Phi) is 17.8. The van der Waals surface area contributed by atoms with E-state index in [1.807, 2.05) is 54.6 Å². The van der Waals surface area contributed by atoms with Gasteiger partial charge in [0.2, 0.25) is 0 Å². The van der Waals surface area contributed by atoms with Crippen molar-refractivity contribution in [2.24, 2.45) is 0 Å². The quantitative estimate of drug-likeness (QED) is 0.0743. The molecule has 0 aromatic heterocycles. The van der Waals surface area contributed by atoms with Gasteiger partial charge in [0, 0.05) is 30.6 Å². The fraction of sp³-hybridized carbons (Fsp3) is 0.479. The molecule has 1 heterocycles. The number of nitrogens with zero attached hydrogens (tertiary/aromatic N) is 1. The Morgan fingerprint density at radius 3 is 1.96 bits per heavy atom. The van der Waals surface area contributed by atoms with E-state index >= 15 is 0 Å². The molecule has 0 saturated carbocycles. The van der Waals surface area contributed by atoms with Crippen molar-refractivity contribution in [2.75, 3.05) is 19.6 Å². The number of rotatable bonds is 23. The van der Waals surface area contributed by atoms with Crippen molar-refractivity contribution in [3.8, 4) is 11.1 Å². The number of carbonyl (C=O) groups is 1. The number of ether oxygens (including phenoxy) is 2. The summed E-state index contributed by atoms with van der Waals surface area (Å²) in [5, 5.41) is 12.8. The van der Waals surface area contributed by atoms with Crippen molar-refractivity contribution in [1.82, 2.24) is 10.2 Å². The largest absolute Gasteiger partial charge is 0.392 e. The molecule has 3 atom stereocenters. The van der Waals surface area contributed by atoms with Crippen molar-refractivity contribution >= 4 is 5.91 Å². The third-order valence-corrected chi connectivity index (χ3v) is 10.6. The number of aliphatic hydroxyl groups is 1. The highest BCUT2D eigenvalue weighted by Crippen LogP contribution is 2.39. The summed E-state index contributed by atoms with van der Waals surface area (Å²) in [5.74, 6) is -0.0813. The predicted molar refractivity (Wildman–Crippen MR) is 221 cm³/mol. The lowest BCUT2D eigenvalue weighted by atomic mass is 9.98. The fourth-order valence-corrected chi connectivity index (χ4v) is 7.45. The van der Waals surface area contributed by atoms with Gasteiger partial charge in [0.15, 0.2) is 6.29 Å². The molecular formula is C48H64N2O4. The average Bonchev–Trinajstić information content (AvgIpc) is 3.22. The van der Waals surface area contributed by atoms with Gasteiger partial charge in [0.1, 0.15) is 0 Å². The Hall–Kier alpha value is -3.81. The van der Waals surface area contributed by atoms with Crippen molar-refractivity contribution < 1.29 is 19.4 Å². The lowest BCUT2D eigenvalue weighted by Gasteiger charge is -2.38. The number of hydrogen-bond acceptors (Lipinski definition) is 5. The van der Waals surface area contributed by atoms with Crippen LogP contribution in [0.15, 0.2) is 103 Å².